The number of hydrogen-bond acceptors (Lipinski definition) is 4. The Bertz CT molecular complexity index is 225. The van der Waals surface area contributed by atoms with Gasteiger partial charge in [0.15, 0.2) is 0 Å². The normalized spacial score (nSPS) is 22.6. The van der Waals surface area contributed by atoms with Crippen LogP contribution in [0, 0.1) is 6.92 Å². The number of piperazine rings is 1. The summed E-state index contributed by atoms with van der Waals surface area (Å²) in [6.07, 6.45) is -0.366. The number of ether oxygens (including phenoxy) is 1. The Hall–Kier alpha value is -0.940. The minimum atomic E-state index is -0.712. The fraction of sp³-hybridized carbons (Fsp3) is 0.800. The quantitative estimate of drug-likeness (QED) is 0.637. The number of rotatable bonds is 2. The standard InChI is InChI=1S/C10H19N2O3/c1-10(2,3)15-9(14)12-5-4-11-8(6-12)7-13/h8,11,13H,1,4-7H2,2-3H3/q+1. The summed E-state index contributed by atoms with van der Waals surface area (Å²) in [6, 6.07) is -0.0563. The third-order valence-corrected chi connectivity index (χ3v) is 2.10. The summed E-state index contributed by atoms with van der Waals surface area (Å²) in [5, 5.41) is 12.1. The first-order chi connectivity index (χ1) is 6.92. The van der Waals surface area contributed by atoms with Gasteiger partial charge < -0.3 is 20.1 Å². The SMILES string of the molecule is [CH2+]C(C)(C)OC(=O)N1CCNC(CO)C1. The molecule has 1 saturated heterocycles. The van der Waals surface area contributed by atoms with Crippen LogP contribution in [0.3, 0.4) is 0 Å². The Kier molecular flexibility index (Phi) is 3.82. The number of carbonyl (C=O) groups is 1. The van der Waals surface area contributed by atoms with E-state index in [4.69, 9.17) is 9.84 Å². The van der Waals surface area contributed by atoms with E-state index in [1.165, 1.54) is 0 Å². The van der Waals surface area contributed by atoms with E-state index in [2.05, 4.69) is 12.2 Å². The summed E-state index contributed by atoms with van der Waals surface area (Å²) in [5.74, 6) is 0. The molecule has 0 saturated carbocycles. The molecule has 1 heterocycles. The zero-order valence-corrected chi connectivity index (χ0v) is 9.32. The minimum absolute atomic E-state index is 0.0253. The second-order valence-corrected chi connectivity index (χ2v) is 4.41. The molecule has 15 heavy (non-hydrogen) atoms. The van der Waals surface area contributed by atoms with E-state index >= 15 is 0 Å². The summed E-state index contributed by atoms with van der Waals surface area (Å²) < 4.78 is 5.14. The third-order valence-electron chi connectivity index (χ3n) is 2.10. The summed E-state index contributed by atoms with van der Waals surface area (Å²) >= 11 is 0. The van der Waals surface area contributed by atoms with Crippen LogP contribution in [0.1, 0.15) is 13.8 Å². The van der Waals surface area contributed by atoms with Gasteiger partial charge in [-0.1, -0.05) is 0 Å². The highest BCUT2D eigenvalue weighted by molar-refractivity contribution is 5.68. The van der Waals surface area contributed by atoms with Crippen molar-refractivity contribution in [1.29, 1.82) is 0 Å². The van der Waals surface area contributed by atoms with Gasteiger partial charge in [0.2, 0.25) is 5.60 Å². The van der Waals surface area contributed by atoms with Crippen molar-refractivity contribution in [3.63, 3.8) is 0 Å². The first kappa shape index (κ1) is 12.1. The summed E-state index contributed by atoms with van der Waals surface area (Å²) in [6.45, 7) is 8.96. The van der Waals surface area contributed by atoms with Gasteiger partial charge in [0.25, 0.3) is 0 Å². The van der Waals surface area contributed by atoms with Gasteiger partial charge in [-0.15, -0.1) is 0 Å². The molecule has 5 heteroatoms. The molecule has 1 atom stereocenters. The van der Waals surface area contributed by atoms with E-state index in [-0.39, 0.29) is 18.7 Å². The van der Waals surface area contributed by atoms with Gasteiger partial charge in [-0.05, 0) is 0 Å². The van der Waals surface area contributed by atoms with Crippen LogP contribution in [0.25, 0.3) is 0 Å². The molecule has 0 aromatic rings. The molecule has 1 aliphatic rings. The van der Waals surface area contributed by atoms with Crippen molar-refractivity contribution in [2.75, 3.05) is 26.2 Å². The number of aliphatic hydroxyl groups excluding tert-OH is 1. The van der Waals surface area contributed by atoms with Gasteiger partial charge in [0.1, 0.15) is 6.92 Å². The lowest BCUT2D eigenvalue weighted by Gasteiger charge is -2.32. The van der Waals surface area contributed by atoms with Gasteiger partial charge in [0, 0.05) is 39.5 Å². The molecule has 1 fully saturated rings. The molecule has 0 spiro atoms. The first-order valence-electron chi connectivity index (χ1n) is 5.10. The molecule has 1 amide bonds. The van der Waals surface area contributed by atoms with E-state index in [1.54, 1.807) is 18.7 Å². The van der Waals surface area contributed by atoms with Gasteiger partial charge in [-0.2, -0.15) is 0 Å². The molecule has 5 nitrogen and oxygen atoms in total. The van der Waals surface area contributed by atoms with Crippen molar-refractivity contribution in [3.8, 4) is 0 Å². The molecular formula is C10H19N2O3+. The van der Waals surface area contributed by atoms with Crippen LogP contribution in [0.15, 0.2) is 0 Å². The van der Waals surface area contributed by atoms with Gasteiger partial charge >= 0.3 is 6.09 Å². The fourth-order valence-electron chi connectivity index (χ4n) is 1.41. The Morgan fingerprint density at radius 3 is 2.93 bits per heavy atom. The fourth-order valence-corrected chi connectivity index (χ4v) is 1.41. The third kappa shape index (κ3) is 3.97. The number of hydrogen-bond donors (Lipinski definition) is 2. The predicted molar refractivity (Wildman–Crippen MR) is 56.4 cm³/mol. The lowest BCUT2D eigenvalue weighted by Crippen LogP contribution is -2.54. The lowest BCUT2D eigenvalue weighted by atomic mass is 10.2. The van der Waals surface area contributed by atoms with Crippen LogP contribution in [0.4, 0.5) is 4.79 Å². The van der Waals surface area contributed by atoms with Crippen molar-refractivity contribution in [1.82, 2.24) is 10.2 Å². The Labute approximate surface area is 90.4 Å². The van der Waals surface area contributed by atoms with Crippen LogP contribution < -0.4 is 5.32 Å². The van der Waals surface area contributed by atoms with Crippen LogP contribution in [0.2, 0.25) is 0 Å². The molecule has 1 unspecified atom stereocenters. The van der Waals surface area contributed by atoms with Gasteiger partial charge in [-0.25, -0.2) is 4.79 Å². The molecule has 0 aliphatic carbocycles. The maximum atomic E-state index is 11.6. The van der Waals surface area contributed by atoms with Gasteiger partial charge in [-0.3, -0.25) is 0 Å². The number of nitrogens with zero attached hydrogens (tertiary/aromatic N) is 1. The number of aliphatic hydroxyl groups is 1. The molecule has 0 aromatic heterocycles. The predicted octanol–water partition coefficient (Wildman–Crippen LogP) is 0.00179. The molecule has 1 rings (SSSR count). The maximum Gasteiger partial charge on any atom is 0.413 e. The molecule has 2 N–H and O–H groups in total. The van der Waals surface area contributed by atoms with E-state index in [0.29, 0.717) is 19.6 Å². The average molecular weight is 215 g/mol. The van der Waals surface area contributed by atoms with Crippen LogP contribution >= 0.6 is 0 Å². The van der Waals surface area contributed by atoms with E-state index in [1.807, 2.05) is 0 Å². The molecule has 0 bridgehead atoms. The van der Waals surface area contributed by atoms with Crippen molar-refractivity contribution < 1.29 is 14.6 Å². The molecule has 1 aliphatic heterocycles. The van der Waals surface area contributed by atoms with E-state index in [9.17, 15) is 4.79 Å². The maximum absolute atomic E-state index is 11.6. The first-order valence-corrected chi connectivity index (χ1v) is 5.10. The average Bonchev–Trinajstić information content (AvgIpc) is 2.15. The Morgan fingerprint density at radius 2 is 2.40 bits per heavy atom. The Balaban J connectivity index is 2.45. The van der Waals surface area contributed by atoms with Crippen LogP contribution in [-0.4, -0.2) is 54.0 Å². The second kappa shape index (κ2) is 4.72. The number of nitrogens with one attached hydrogen (secondary N) is 1. The second-order valence-electron chi connectivity index (χ2n) is 4.41. The molecule has 86 valence electrons. The zero-order valence-electron chi connectivity index (χ0n) is 9.32. The lowest BCUT2D eigenvalue weighted by molar-refractivity contribution is 0.0304. The molecule has 0 aromatic carbocycles. The van der Waals surface area contributed by atoms with E-state index in [0.717, 1.165) is 0 Å². The topological polar surface area (TPSA) is 61.8 Å². The largest absolute Gasteiger partial charge is 0.413 e. The van der Waals surface area contributed by atoms with Crippen molar-refractivity contribution in [2.45, 2.75) is 25.5 Å². The summed E-state index contributed by atoms with van der Waals surface area (Å²) in [4.78, 5) is 13.2. The summed E-state index contributed by atoms with van der Waals surface area (Å²) in [5.41, 5.74) is -0.712. The highest BCUT2D eigenvalue weighted by Gasteiger charge is 2.29. The monoisotopic (exact) mass is 215 g/mol. The van der Waals surface area contributed by atoms with E-state index < -0.39 is 5.60 Å². The smallest absolute Gasteiger partial charge is 0.403 e. The highest BCUT2D eigenvalue weighted by Crippen LogP contribution is 2.10. The van der Waals surface area contributed by atoms with Crippen molar-refractivity contribution >= 4 is 6.09 Å². The van der Waals surface area contributed by atoms with Crippen LogP contribution in [-0.2, 0) is 4.74 Å². The molecule has 0 radical (unpaired) electrons. The minimum Gasteiger partial charge on any atom is -0.403 e. The zero-order chi connectivity index (χ0) is 11.5. The number of amides is 1. The van der Waals surface area contributed by atoms with Crippen molar-refractivity contribution in [2.24, 2.45) is 0 Å². The highest BCUT2D eigenvalue weighted by atomic mass is 16.6. The number of carbonyl (C=O) groups excluding carboxylic acids is 1. The summed E-state index contributed by atoms with van der Waals surface area (Å²) in [7, 11) is 0. The van der Waals surface area contributed by atoms with Crippen molar-refractivity contribution in [3.05, 3.63) is 6.92 Å². The molecular weight excluding hydrogens is 196 g/mol. The van der Waals surface area contributed by atoms with Crippen LogP contribution in [0.5, 0.6) is 0 Å². The Morgan fingerprint density at radius 1 is 1.73 bits per heavy atom. The van der Waals surface area contributed by atoms with Gasteiger partial charge in [0.05, 0.1) is 6.61 Å².